The first kappa shape index (κ1) is 16.1. The number of nitrogens with one attached hydrogen (secondary N) is 2. The highest BCUT2D eigenvalue weighted by atomic mass is 16.3. The lowest BCUT2D eigenvalue weighted by Crippen LogP contribution is -2.45. The first-order chi connectivity index (χ1) is 11.8. The molecule has 0 fully saturated rings. The van der Waals surface area contributed by atoms with Gasteiger partial charge in [0.05, 0.1) is 19.4 Å². The number of furan rings is 1. The van der Waals surface area contributed by atoms with Gasteiger partial charge in [-0.15, -0.1) is 0 Å². The molecule has 24 heavy (non-hydrogen) atoms. The van der Waals surface area contributed by atoms with E-state index < -0.39 is 0 Å². The highest BCUT2D eigenvalue weighted by Gasteiger charge is 2.21. The van der Waals surface area contributed by atoms with E-state index in [9.17, 15) is 4.79 Å². The Morgan fingerprint density at radius 2 is 2.12 bits per heavy atom. The number of nitrogens with zero attached hydrogens (tertiary/aromatic N) is 2. The first-order valence-electron chi connectivity index (χ1n) is 8.13. The molecule has 1 aliphatic rings. The Morgan fingerprint density at radius 1 is 1.25 bits per heavy atom. The van der Waals surface area contributed by atoms with Crippen LogP contribution in [0.3, 0.4) is 0 Å². The van der Waals surface area contributed by atoms with Crippen LogP contribution in [-0.2, 0) is 17.8 Å². The van der Waals surface area contributed by atoms with Gasteiger partial charge < -0.3 is 20.0 Å². The molecule has 3 rings (SSSR count). The predicted molar refractivity (Wildman–Crippen MR) is 94.0 cm³/mol. The lowest BCUT2D eigenvalue weighted by molar-refractivity contribution is -0.117. The van der Waals surface area contributed by atoms with Gasteiger partial charge in [-0.3, -0.25) is 9.79 Å². The molecule has 1 aromatic heterocycles. The fourth-order valence-corrected chi connectivity index (χ4v) is 2.85. The van der Waals surface area contributed by atoms with Crippen LogP contribution in [0.4, 0.5) is 5.69 Å². The zero-order valence-corrected chi connectivity index (χ0v) is 13.8. The van der Waals surface area contributed by atoms with Crippen molar-refractivity contribution in [2.24, 2.45) is 4.99 Å². The van der Waals surface area contributed by atoms with Crippen LogP contribution in [0.2, 0.25) is 0 Å². The van der Waals surface area contributed by atoms with Crippen LogP contribution in [0.1, 0.15) is 17.7 Å². The third kappa shape index (κ3) is 3.76. The Balaban J connectivity index is 1.55. The van der Waals surface area contributed by atoms with Crippen LogP contribution < -0.4 is 15.5 Å². The molecule has 0 spiro atoms. The summed E-state index contributed by atoms with van der Waals surface area (Å²) in [6, 6.07) is 11.8. The van der Waals surface area contributed by atoms with Gasteiger partial charge in [-0.2, -0.15) is 0 Å². The molecule has 2 heterocycles. The van der Waals surface area contributed by atoms with Crippen LogP contribution in [0, 0.1) is 0 Å². The van der Waals surface area contributed by atoms with Gasteiger partial charge in [-0.05, 0) is 36.6 Å². The van der Waals surface area contributed by atoms with Crippen molar-refractivity contribution in [2.45, 2.75) is 19.4 Å². The summed E-state index contributed by atoms with van der Waals surface area (Å²) in [5.74, 6) is 1.43. The minimum atomic E-state index is 0.0445. The van der Waals surface area contributed by atoms with Crippen molar-refractivity contribution in [1.82, 2.24) is 10.6 Å². The Bertz CT molecular complexity index is 710. The minimum Gasteiger partial charge on any atom is -0.467 e. The molecule has 0 aliphatic carbocycles. The molecule has 0 unspecified atom stereocenters. The number of hydrogen-bond acceptors (Lipinski definition) is 3. The fraction of sp³-hybridized carbons (Fsp3) is 0.333. The van der Waals surface area contributed by atoms with Crippen molar-refractivity contribution in [1.29, 1.82) is 0 Å². The molecule has 0 saturated heterocycles. The first-order valence-corrected chi connectivity index (χ1v) is 8.13. The van der Waals surface area contributed by atoms with E-state index in [0.717, 1.165) is 30.8 Å². The summed E-state index contributed by atoms with van der Waals surface area (Å²) in [6.07, 6.45) is 3.65. The topological polar surface area (TPSA) is 69.9 Å². The third-order valence-electron chi connectivity index (χ3n) is 4.05. The van der Waals surface area contributed by atoms with Gasteiger partial charge >= 0.3 is 0 Å². The maximum absolute atomic E-state index is 12.6. The number of rotatable bonds is 4. The fourth-order valence-electron chi connectivity index (χ4n) is 2.85. The molecule has 1 amide bonds. The molecule has 2 aromatic rings. The molecular weight excluding hydrogens is 304 g/mol. The molecule has 1 aromatic carbocycles. The van der Waals surface area contributed by atoms with Crippen molar-refractivity contribution in [3.8, 4) is 0 Å². The Kier molecular flexibility index (Phi) is 5.15. The van der Waals surface area contributed by atoms with Crippen molar-refractivity contribution in [3.05, 3.63) is 54.0 Å². The molecule has 0 bridgehead atoms. The van der Waals surface area contributed by atoms with Gasteiger partial charge in [0, 0.05) is 19.3 Å². The molecule has 1 aliphatic heterocycles. The van der Waals surface area contributed by atoms with Crippen LogP contribution in [0.5, 0.6) is 0 Å². The molecule has 0 atom stereocenters. The second-order valence-corrected chi connectivity index (χ2v) is 5.64. The number of amides is 1. The van der Waals surface area contributed by atoms with Crippen molar-refractivity contribution >= 4 is 17.6 Å². The summed E-state index contributed by atoms with van der Waals surface area (Å²) in [5, 5.41) is 6.19. The number of aliphatic imine (C=N–C) groups is 1. The second kappa shape index (κ2) is 7.68. The number of carbonyl (C=O) groups is 1. The van der Waals surface area contributed by atoms with E-state index in [0.29, 0.717) is 12.5 Å². The Morgan fingerprint density at radius 3 is 2.92 bits per heavy atom. The molecular formula is C18H22N4O2. The van der Waals surface area contributed by atoms with Crippen LogP contribution in [0.25, 0.3) is 0 Å². The highest BCUT2D eigenvalue weighted by Crippen LogP contribution is 2.26. The maximum Gasteiger partial charge on any atom is 0.246 e. The van der Waals surface area contributed by atoms with E-state index in [1.54, 1.807) is 13.3 Å². The quantitative estimate of drug-likeness (QED) is 0.665. The molecule has 0 saturated carbocycles. The van der Waals surface area contributed by atoms with Crippen LogP contribution >= 0.6 is 0 Å². The number of aryl methyl sites for hydroxylation is 1. The number of guanidine groups is 1. The van der Waals surface area contributed by atoms with Crippen molar-refractivity contribution in [3.63, 3.8) is 0 Å². The number of para-hydroxylation sites is 1. The molecule has 0 radical (unpaired) electrons. The normalized spacial score (nSPS) is 14.2. The average Bonchev–Trinajstić information content (AvgIpc) is 3.14. The van der Waals surface area contributed by atoms with E-state index in [4.69, 9.17) is 4.42 Å². The van der Waals surface area contributed by atoms with Gasteiger partial charge in [0.2, 0.25) is 5.91 Å². The van der Waals surface area contributed by atoms with Crippen molar-refractivity contribution in [2.75, 3.05) is 25.0 Å². The lowest BCUT2D eigenvalue weighted by Gasteiger charge is -2.29. The third-order valence-corrected chi connectivity index (χ3v) is 4.05. The highest BCUT2D eigenvalue weighted by molar-refractivity contribution is 5.98. The minimum absolute atomic E-state index is 0.0445. The molecule has 6 nitrogen and oxygen atoms in total. The van der Waals surface area contributed by atoms with Gasteiger partial charge in [0.1, 0.15) is 5.76 Å². The number of benzene rings is 1. The van der Waals surface area contributed by atoms with E-state index >= 15 is 0 Å². The summed E-state index contributed by atoms with van der Waals surface area (Å²) in [6.45, 7) is 1.48. The van der Waals surface area contributed by atoms with E-state index in [2.05, 4.69) is 21.7 Å². The molecule has 2 N–H and O–H groups in total. The molecule has 126 valence electrons. The maximum atomic E-state index is 12.6. The zero-order valence-electron chi connectivity index (χ0n) is 13.8. The van der Waals surface area contributed by atoms with E-state index in [1.165, 1.54) is 5.56 Å². The van der Waals surface area contributed by atoms with Gasteiger partial charge in [0.15, 0.2) is 5.96 Å². The average molecular weight is 326 g/mol. The Hall–Kier alpha value is -2.76. The summed E-state index contributed by atoms with van der Waals surface area (Å²) in [4.78, 5) is 18.6. The Labute approximate surface area is 141 Å². The van der Waals surface area contributed by atoms with Gasteiger partial charge in [-0.25, -0.2) is 0 Å². The van der Waals surface area contributed by atoms with E-state index in [1.807, 2.05) is 35.2 Å². The second-order valence-electron chi connectivity index (χ2n) is 5.64. The smallest absolute Gasteiger partial charge is 0.246 e. The monoisotopic (exact) mass is 326 g/mol. The standard InChI is InChI=1S/C18H22N4O2/c1-19-18(20-12-15-8-5-11-24-15)21-13-17(23)22-10-4-7-14-6-2-3-9-16(14)22/h2-3,5-6,8-9,11H,4,7,10,12-13H2,1H3,(H2,19,20,21). The largest absolute Gasteiger partial charge is 0.467 e. The van der Waals surface area contributed by atoms with Crippen LogP contribution in [0.15, 0.2) is 52.1 Å². The summed E-state index contributed by atoms with van der Waals surface area (Å²) in [7, 11) is 1.68. The predicted octanol–water partition coefficient (Wildman–Crippen LogP) is 1.92. The lowest BCUT2D eigenvalue weighted by atomic mass is 10.0. The number of anilines is 1. The number of carbonyl (C=O) groups excluding carboxylic acids is 1. The van der Waals surface area contributed by atoms with Crippen molar-refractivity contribution < 1.29 is 9.21 Å². The van der Waals surface area contributed by atoms with E-state index in [-0.39, 0.29) is 12.5 Å². The van der Waals surface area contributed by atoms with Gasteiger partial charge in [-0.1, -0.05) is 18.2 Å². The van der Waals surface area contributed by atoms with Crippen LogP contribution in [-0.4, -0.2) is 32.0 Å². The summed E-state index contributed by atoms with van der Waals surface area (Å²) >= 11 is 0. The SMILES string of the molecule is CN=C(NCC(=O)N1CCCc2ccccc21)NCc1ccco1. The molecule has 6 heteroatoms. The number of fused-ring (bicyclic) bond motifs is 1. The zero-order chi connectivity index (χ0) is 16.8. The number of hydrogen-bond donors (Lipinski definition) is 2. The summed E-state index contributed by atoms with van der Waals surface area (Å²) < 4.78 is 5.27. The van der Waals surface area contributed by atoms with Gasteiger partial charge in [0.25, 0.3) is 0 Å². The summed E-state index contributed by atoms with van der Waals surface area (Å²) in [5.41, 5.74) is 2.26.